The third kappa shape index (κ3) is 3.85. The summed E-state index contributed by atoms with van der Waals surface area (Å²) >= 11 is 0. The van der Waals surface area contributed by atoms with Gasteiger partial charge in [0.15, 0.2) is 5.65 Å². The first kappa shape index (κ1) is 17.5. The number of aromatic nitrogens is 4. The number of carbonyl (C=O) groups excluding carboxylic acids is 2. The number of amides is 2. The van der Waals surface area contributed by atoms with E-state index in [0.29, 0.717) is 29.9 Å². The number of hydrogen-bond donors (Lipinski definition) is 2. The number of fused-ring (bicyclic) bond motifs is 1. The lowest BCUT2D eigenvalue weighted by Crippen LogP contribution is -2.14. The zero-order valence-electron chi connectivity index (χ0n) is 14.9. The van der Waals surface area contributed by atoms with Gasteiger partial charge < -0.3 is 10.6 Å². The monoisotopic (exact) mass is 352 g/mol. The van der Waals surface area contributed by atoms with Crippen molar-refractivity contribution in [3.63, 3.8) is 0 Å². The molecule has 2 aromatic heterocycles. The van der Waals surface area contributed by atoms with Gasteiger partial charge in [-0.1, -0.05) is 0 Å². The van der Waals surface area contributed by atoms with E-state index in [2.05, 4.69) is 25.9 Å². The largest absolute Gasteiger partial charge is 0.326 e. The Balaban J connectivity index is 1.63. The molecule has 0 spiro atoms. The van der Waals surface area contributed by atoms with Gasteiger partial charge >= 0.3 is 0 Å². The molecule has 0 aliphatic rings. The fourth-order valence-electron chi connectivity index (χ4n) is 2.85. The van der Waals surface area contributed by atoms with Crippen molar-refractivity contribution in [2.45, 2.75) is 33.6 Å². The van der Waals surface area contributed by atoms with Crippen LogP contribution < -0.4 is 10.6 Å². The summed E-state index contributed by atoms with van der Waals surface area (Å²) in [4.78, 5) is 23.3. The van der Waals surface area contributed by atoms with Crippen molar-refractivity contribution in [1.29, 1.82) is 0 Å². The smallest absolute Gasteiger partial charge is 0.224 e. The first-order chi connectivity index (χ1) is 12.4. The molecular formula is C18H20N6O2. The van der Waals surface area contributed by atoms with Crippen LogP contribution in [0.4, 0.5) is 11.4 Å². The third-order valence-corrected chi connectivity index (χ3v) is 4.10. The molecule has 0 unspecified atom stereocenters. The summed E-state index contributed by atoms with van der Waals surface area (Å²) in [7, 11) is 0. The van der Waals surface area contributed by atoms with Gasteiger partial charge in [0.1, 0.15) is 6.33 Å². The topological polar surface area (TPSA) is 101 Å². The van der Waals surface area contributed by atoms with Crippen molar-refractivity contribution in [1.82, 2.24) is 19.8 Å². The van der Waals surface area contributed by atoms with Crippen LogP contribution in [0.1, 0.15) is 30.2 Å². The molecule has 0 aliphatic heterocycles. The van der Waals surface area contributed by atoms with E-state index >= 15 is 0 Å². The zero-order valence-corrected chi connectivity index (χ0v) is 14.9. The molecule has 8 heteroatoms. The van der Waals surface area contributed by atoms with E-state index in [1.165, 1.54) is 6.92 Å². The molecule has 0 aliphatic carbocycles. The summed E-state index contributed by atoms with van der Waals surface area (Å²) in [5, 5.41) is 17.9. The molecule has 8 nitrogen and oxygen atoms in total. The molecule has 134 valence electrons. The maximum absolute atomic E-state index is 12.3. The average molecular weight is 352 g/mol. The van der Waals surface area contributed by atoms with E-state index in [1.807, 2.05) is 13.8 Å². The molecule has 0 fully saturated rings. The second-order valence-corrected chi connectivity index (χ2v) is 6.09. The summed E-state index contributed by atoms with van der Waals surface area (Å²) in [5.41, 5.74) is 4.95. The van der Waals surface area contributed by atoms with Gasteiger partial charge in [0.25, 0.3) is 0 Å². The Morgan fingerprint density at radius 3 is 2.38 bits per heavy atom. The summed E-state index contributed by atoms with van der Waals surface area (Å²) in [6.45, 7) is 5.33. The Morgan fingerprint density at radius 2 is 1.73 bits per heavy atom. The van der Waals surface area contributed by atoms with Crippen LogP contribution in [-0.4, -0.2) is 31.6 Å². The van der Waals surface area contributed by atoms with Crippen LogP contribution in [0.15, 0.2) is 30.6 Å². The molecule has 2 heterocycles. The number of benzene rings is 1. The molecule has 26 heavy (non-hydrogen) atoms. The lowest BCUT2D eigenvalue weighted by Gasteiger charge is -2.10. The van der Waals surface area contributed by atoms with Crippen molar-refractivity contribution < 1.29 is 9.59 Å². The molecule has 3 rings (SSSR count). The lowest BCUT2D eigenvalue weighted by atomic mass is 10.0. The van der Waals surface area contributed by atoms with Crippen molar-refractivity contribution >= 4 is 28.8 Å². The van der Waals surface area contributed by atoms with E-state index in [9.17, 15) is 9.59 Å². The van der Waals surface area contributed by atoms with Crippen LogP contribution in [0, 0.1) is 13.8 Å². The molecule has 0 saturated carbocycles. The second kappa shape index (κ2) is 7.30. The van der Waals surface area contributed by atoms with Gasteiger partial charge in [0, 0.05) is 30.3 Å². The summed E-state index contributed by atoms with van der Waals surface area (Å²) in [5.74, 6) is -0.219. The highest BCUT2D eigenvalue weighted by atomic mass is 16.2. The maximum Gasteiger partial charge on any atom is 0.224 e. The van der Waals surface area contributed by atoms with E-state index in [0.717, 1.165) is 16.8 Å². The summed E-state index contributed by atoms with van der Waals surface area (Å²) in [6.07, 6.45) is 2.47. The summed E-state index contributed by atoms with van der Waals surface area (Å²) < 4.78 is 1.64. The predicted molar refractivity (Wildman–Crippen MR) is 98.0 cm³/mol. The number of anilines is 2. The number of rotatable bonds is 5. The highest BCUT2D eigenvalue weighted by Gasteiger charge is 2.13. The normalized spacial score (nSPS) is 10.7. The molecule has 2 N–H and O–H groups in total. The molecule has 2 amide bonds. The number of carbonyl (C=O) groups is 2. The van der Waals surface area contributed by atoms with Crippen LogP contribution in [0.2, 0.25) is 0 Å². The number of nitrogens with zero attached hydrogens (tertiary/aromatic N) is 4. The Hall–Kier alpha value is -3.29. The zero-order chi connectivity index (χ0) is 18.7. The van der Waals surface area contributed by atoms with Crippen LogP contribution in [0.25, 0.3) is 5.65 Å². The Bertz CT molecular complexity index is 962. The molecule has 0 radical (unpaired) electrons. The predicted octanol–water partition coefficient (Wildman–Crippen LogP) is 2.27. The highest BCUT2D eigenvalue weighted by Crippen LogP contribution is 2.18. The average Bonchev–Trinajstić information content (AvgIpc) is 3.04. The molecular weight excluding hydrogens is 332 g/mol. The van der Waals surface area contributed by atoms with Crippen LogP contribution in [-0.2, 0) is 16.0 Å². The number of hydrogen-bond acceptors (Lipinski definition) is 5. The van der Waals surface area contributed by atoms with Gasteiger partial charge in [-0.05, 0) is 50.1 Å². The van der Waals surface area contributed by atoms with Crippen LogP contribution in [0.3, 0.4) is 0 Å². The number of aryl methyl sites for hydroxylation is 2. The third-order valence-electron chi connectivity index (χ3n) is 4.10. The summed E-state index contributed by atoms with van der Waals surface area (Å²) in [6, 6.07) is 7.00. The van der Waals surface area contributed by atoms with Crippen molar-refractivity contribution in [3.8, 4) is 0 Å². The minimum atomic E-state index is -0.134. The van der Waals surface area contributed by atoms with Gasteiger partial charge in [-0.3, -0.25) is 9.59 Å². The van der Waals surface area contributed by atoms with Gasteiger partial charge in [-0.2, -0.15) is 5.10 Å². The van der Waals surface area contributed by atoms with Gasteiger partial charge in [0.2, 0.25) is 11.8 Å². The van der Waals surface area contributed by atoms with E-state index in [1.54, 1.807) is 35.1 Å². The molecule has 0 atom stereocenters. The quantitative estimate of drug-likeness (QED) is 0.733. The maximum atomic E-state index is 12.3. The second-order valence-electron chi connectivity index (χ2n) is 6.09. The minimum Gasteiger partial charge on any atom is -0.326 e. The molecule has 3 aromatic rings. The Morgan fingerprint density at radius 1 is 1.08 bits per heavy atom. The SMILES string of the molecule is CC(=O)Nc1ccc(NC(=O)CCc2c(C)nn3cnnc3c2C)cc1. The van der Waals surface area contributed by atoms with Crippen molar-refractivity contribution in [3.05, 3.63) is 47.4 Å². The van der Waals surface area contributed by atoms with Crippen molar-refractivity contribution in [2.24, 2.45) is 0 Å². The first-order valence-corrected chi connectivity index (χ1v) is 8.27. The van der Waals surface area contributed by atoms with E-state index < -0.39 is 0 Å². The highest BCUT2D eigenvalue weighted by molar-refractivity contribution is 5.92. The molecule has 0 bridgehead atoms. The number of nitrogens with one attached hydrogen (secondary N) is 2. The standard InChI is InChI=1S/C18H20N6O2/c1-11-16(12(2)23-24-10-19-22-18(11)24)8-9-17(26)21-15-6-4-14(5-7-15)20-13(3)25/h4-7,10H,8-9H2,1-3H3,(H,20,25)(H,21,26). The van der Waals surface area contributed by atoms with Crippen molar-refractivity contribution in [2.75, 3.05) is 10.6 Å². The van der Waals surface area contributed by atoms with Crippen LogP contribution in [0.5, 0.6) is 0 Å². The lowest BCUT2D eigenvalue weighted by molar-refractivity contribution is -0.116. The van der Waals surface area contributed by atoms with Gasteiger partial charge in [-0.25, -0.2) is 4.52 Å². The molecule has 0 saturated heterocycles. The van der Waals surface area contributed by atoms with Gasteiger partial charge in [-0.15, -0.1) is 10.2 Å². The minimum absolute atomic E-state index is 0.0857. The fourth-order valence-corrected chi connectivity index (χ4v) is 2.85. The Kier molecular flexibility index (Phi) is 4.92. The van der Waals surface area contributed by atoms with Gasteiger partial charge in [0.05, 0.1) is 5.69 Å². The first-order valence-electron chi connectivity index (χ1n) is 8.27. The Labute approximate surface area is 150 Å². The fraction of sp³-hybridized carbons (Fsp3) is 0.278. The van der Waals surface area contributed by atoms with E-state index in [-0.39, 0.29) is 11.8 Å². The molecule has 1 aromatic carbocycles. The van der Waals surface area contributed by atoms with E-state index in [4.69, 9.17) is 0 Å². The van der Waals surface area contributed by atoms with Crippen LogP contribution >= 0.6 is 0 Å².